The Morgan fingerprint density at radius 2 is 2.00 bits per heavy atom. The smallest absolute Gasteiger partial charge is 0.120 e. The second-order valence-electron chi connectivity index (χ2n) is 5.33. The van der Waals surface area contributed by atoms with Gasteiger partial charge in [0.25, 0.3) is 0 Å². The van der Waals surface area contributed by atoms with Crippen molar-refractivity contribution in [3.8, 4) is 5.75 Å². The van der Waals surface area contributed by atoms with Crippen LogP contribution in [0.2, 0.25) is 0 Å². The summed E-state index contributed by atoms with van der Waals surface area (Å²) in [4.78, 5) is 2.52. The molecule has 2 nitrogen and oxygen atoms in total. The standard InChI is InChI=1S/C15H23NO/c1-11-7-6-10-16(12(11)2)13(3)14-8-4-5-9-15(14)17/h4-5,8-9,11-13,17H,6-7,10H2,1-3H3. The second-order valence-corrected chi connectivity index (χ2v) is 5.33. The zero-order chi connectivity index (χ0) is 12.4. The Hall–Kier alpha value is -1.02. The maximum absolute atomic E-state index is 9.94. The summed E-state index contributed by atoms with van der Waals surface area (Å²) in [6.07, 6.45) is 2.59. The Kier molecular flexibility index (Phi) is 3.72. The first kappa shape index (κ1) is 12.4. The van der Waals surface area contributed by atoms with Gasteiger partial charge >= 0.3 is 0 Å². The van der Waals surface area contributed by atoms with Gasteiger partial charge in [0, 0.05) is 17.6 Å². The van der Waals surface area contributed by atoms with E-state index >= 15 is 0 Å². The molecule has 17 heavy (non-hydrogen) atoms. The summed E-state index contributed by atoms with van der Waals surface area (Å²) in [5.74, 6) is 1.17. The van der Waals surface area contributed by atoms with Gasteiger partial charge < -0.3 is 5.11 Å². The zero-order valence-electron chi connectivity index (χ0n) is 11.1. The molecule has 2 rings (SSSR count). The molecule has 3 unspecified atom stereocenters. The topological polar surface area (TPSA) is 23.5 Å². The molecule has 1 saturated heterocycles. The van der Waals surface area contributed by atoms with Gasteiger partial charge in [-0.15, -0.1) is 0 Å². The number of aromatic hydroxyl groups is 1. The molecule has 0 aliphatic carbocycles. The molecule has 0 spiro atoms. The van der Waals surface area contributed by atoms with Gasteiger partial charge in [-0.2, -0.15) is 0 Å². The van der Waals surface area contributed by atoms with Crippen molar-refractivity contribution in [2.75, 3.05) is 6.54 Å². The highest BCUT2D eigenvalue weighted by Gasteiger charge is 2.29. The minimum absolute atomic E-state index is 0.300. The van der Waals surface area contributed by atoms with E-state index in [1.165, 1.54) is 12.8 Å². The fraction of sp³-hybridized carbons (Fsp3) is 0.600. The number of hydrogen-bond acceptors (Lipinski definition) is 2. The minimum Gasteiger partial charge on any atom is -0.508 e. The molecule has 0 amide bonds. The van der Waals surface area contributed by atoms with E-state index in [0.717, 1.165) is 18.0 Å². The third-order valence-corrected chi connectivity index (χ3v) is 4.31. The molecule has 3 atom stereocenters. The zero-order valence-corrected chi connectivity index (χ0v) is 11.1. The third-order valence-electron chi connectivity index (χ3n) is 4.31. The summed E-state index contributed by atoms with van der Waals surface area (Å²) >= 11 is 0. The number of nitrogens with zero attached hydrogens (tertiary/aromatic N) is 1. The van der Waals surface area contributed by atoms with Crippen LogP contribution in [0.3, 0.4) is 0 Å². The number of piperidine rings is 1. The van der Waals surface area contributed by atoms with Crippen molar-refractivity contribution < 1.29 is 5.11 Å². The van der Waals surface area contributed by atoms with E-state index in [2.05, 4.69) is 25.7 Å². The normalized spacial score (nSPS) is 27.9. The summed E-state index contributed by atoms with van der Waals surface area (Å²) in [5, 5.41) is 9.94. The van der Waals surface area contributed by atoms with Crippen LogP contribution in [0.5, 0.6) is 5.75 Å². The molecule has 2 heteroatoms. The molecule has 0 radical (unpaired) electrons. The number of para-hydroxylation sites is 1. The lowest BCUT2D eigenvalue weighted by molar-refractivity contribution is 0.0743. The van der Waals surface area contributed by atoms with Crippen molar-refractivity contribution in [3.63, 3.8) is 0 Å². The summed E-state index contributed by atoms with van der Waals surface area (Å²) in [7, 11) is 0. The number of rotatable bonds is 2. The van der Waals surface area contributed by atoms with Crippen LogP contribution in [0, 0.1) is 5.92 Å². The van der Waals surface area contributed by atoms with Crippen molar-refractivity contribution in [2.24, 2.45) is 5.92 Å². The van der Waals surface area contributed by atoms with E-state index in [4.69, 9.17) is 0 Å². The van der Waals surface area contributed by atoms with Crippen LogP contribution in [0.1, 0.15) is 45.2 Å². The van der Waals surface area contributed by atoms with Gasteiger partial charge in [0.05, 0.1) is 0 Å². The molecule has 1 N–H and O–H groups in total. The first-order valence-corrected chi connectivity index (χ1v) is 6.65. The summed E-state index contributed by atoms with van der Waals surface area (Å²) in [5.41, 5.74) is 1.05. The van der Waals surface area contributed by atoms with Crippen molar-refractivity contribution in [3.05, 3.63) is 29.8 Å². The van der Waals surface area contributed by atoms with Crippen LogP contribution in [0.15, 0.2) is 24.3 Å². The molecule has 0 saturated carbocycles. The van der Waals surface area contributed by atoms with Gasteiger partial charge in [0.15, 0.2) is 0 Å². The highest BCUT2D eigenvalue weighted by Crippen LogP contribution is 2.34. The molecule has 1 aliphatic rings. The lowest BCUT2D eigenvalue weighted by Crippen LogP contribution is -2.43. The van der Waals surface area contributed by atoms with Gasteiger partial charge in [0.1, 0.15) is 5.75 Å². The fourth-order valence-electron chi connectivity index (χ4n) is 2.93. The maximum Gasteiger partial charge on any atom is 0.120 e. The van der Waals surface area contributed by atoms with Crippen molar-refractivity contribution in [1.29, 1.82) is 0 Å². The first-order valence-electron chi connectivity index (χ1n) is 6.65. The van der Waals surface area contributed by atoms with E-state index < -0.39 is 0 Å². The van der Waals surface area contributed by atoms with Crippen LogP contribution in [-0.4, -0.2) is 22.6 Å². The van der Waals surface area contributed by atoms with E-state index in [1.807, 2.05) is 18.2 Å². The average molecular weight is 233 g/mol. The Morgan fingerprint density at radius 3 is 2.71 bits per heavy atom. The fourth-order valence-corrected chi connectivity index (χ4v) is 2.93. The van der Waals surface area contributed by atoms with Gasteiger partial charge in [-0.1, -0.05) is 25.1 Å². The van der Waals surface area contributed by atoms with E-state index in [-0.39, 0.29) is 0 Å². The van der Waals surface area contributed by atoms with Gasteiger partial charge in [-0.25, -0.2) is 0 Å². The molecule has 94 valence electrons. The van der Waals surface area contributed by atoms with Crippen molar-refractivity contribution in [2.45, 2.75) is 45.7 Å². The number of likely N-dealkylation sites (tertiary alicyclic amines) is 1. The number of benzene rings is 1. The molecule has 1 aliphatic heterocycles. The second kappa shape index (κ2) is 5.09. The highest BCUT2D eigenvalue weighted by molar-refractivity contribution is 5.34. The van der Waals surface area contributed by atoms with Gasteiger partial charge in [-0.3, -0.25) is 4.90 Å². The van der Waals surface area contributed by atoms with Crippen LogP contribution in [-0.2, 0) is 0 Å². The number of phenols is 1. The Balaban J connectivity index is 2.19. The van der Waals surface area contributed by atoms with Crippen LogP contribution >= 0.6 is 0 Å². The number of hydrogen-bond donors (Lipinski definition) is 1. The lowest BCUT2D eigenvalue weighted by atomic mass is 9.89. The van der Waals surface area contributed by atoms with Gasteiger partial charge in [-0.05, 0) is 45.2 Å². The highest BCUT2D eigenvalue weighted by atomic mass is 16.3. The SMILES string of the molecule is CC1CCCN(C(C)c2ccccc2O)C1C. The molecule has 1 aromatic rings. The van der Waals surface area contributed by atoms with Crippen molar-refractivity contribution >= 4 is 0 Å². The predicted molar refractivity (Wildman–Crippen MR) is 71.1 cm³/mol. The Labute approximate surface area is 104 Å². The first-order chi connectivity index (χ1) is 8.11. The average Bonchev–Trinajstić information content (AvgIpc) is 2.32. The van der Waals surface area contributed by atoms with Crippen LogP contribution in [0.4, 0.5) is 0 Å². The quantitative estimate of drug-likeness (QED) is 0.844. The summed E-state index contributed by atoms with van der Waals surface area (Å²) in [6.45, 7) is 7.97. The molecule has 1 aromatic carbocycles. The molecule has 0 bridgehead atoms. The third kappa shape index (κ3) is 2.47. The Morgan fingerprint density at radius 1 is 1.29 bits per heavy atom. The van der Waals surface area contributed by atoms with E-state index in [0.29, 0.717) is 17.8 Å². The molecular weight excluding hydrogens is 210 g/mol. The largest absolute Gasteiger partial charge is 0.508 e. The van der Waals surface area contributed by atoms with E-state index in [9.17, 15) is 5.11 Å². The van der Waals surface area contributed by atoms with Gasteiger partial charge in [0.2, 0.25) is 0 Å². The molecule has 1 fully saturated rings. The number of phenolic OH excluding ortho intramolecular Hbond substituents is 1. The summed E-state index contributed by atoms with van der Waals surface area (Å²) < 4.78 is 0. The van der Waals surface area contributed by atoms with Crippen LogP contribution in [0.25, 0.3) is 0 Å². The minimum atomic E-state index is 0.300. The summed E-state index contributed by atoms with van der Waals surface area (Å²) in [6, 6.07) is 8.60. The predicted octanol–water partition coefficient (Wildman–Crippen LogP) is 3.57. The Bertz CT molecular complexity index is 377. The molecule has 0 aromatic heterocycles. The lowest BCUT2D eigenvalue weighted by Gasteiger charge is -2.42. The maximum atomic E-state index is 9.94. The molecule has 1 heterocycles. The van der Waals surface area contributed by atoms with Crippen LogP contribution < -0.4 is 0 Å². The monoisotopic (exact) mass is 233 g/mol. The van der Waals surface area contributed by atoms with E-state index in [1.54, 1.807) is 6.07 Å². The van der Waals surface area contributed by atoms with Crippen molar-refractivity contribution in [1.82, 2.24) is 4.90 Å². The molecular formula is C15H23NO.